The number of hydrogen-bond donors (Lipinski definition) is 3. The molecule has 17 heavy (non-hydrogen) atoms. The Balaban J connectivity index is 2.57. The first-order chi connectivity index (χ1) is 7.93. The van der Waals surface area contributed by atoms with Crippen LogP contribution < -0.4 is 5.32 Å². The zero-order valence-corrected chi connectivity index (χ0v) is 9.84. The molecule has 1 aromatic rings. The summed E-state index contributed by atoms with van der Waals surface area (Å²) < 4.78 is 0. The second kappa shape index (κ2) is 5.28. The van der Waals surface area contributed by atoms with Gasteiger partial charge in [-0.1, -0.05) is 0 Å². The monoisotopic (exact) mass is 241 g/mol. The van der Waals surface area contributed by atoms with Gasteiger partial charge in [0.15, 0.2) is 0 Å². The number of carbonyl (C=O) groups excluding carboxylic acids is 1. The summed E-state index contributed by atoms with van der Waals surface area (Å²) in [5.41, 5.74) is 0. The number of nitrogens with one attached hydrogen (secondary N) is 2. The molecule has 8 nitrogen and oxygen atoms in total. The van der Waals surface area contributed by atoms with E-state index < -0.39 is 18.0 Å². The van der Waals surface area contributed by atoms with Crippen LogP contribution in [-0.4, -0.2) is 50.3 Å². The molecule has 0 aliphatic heterocycles. The molecule has 8 heteroatoms. The second-order valence-corrected chi connectivity index (χ2v) is 3.67. The van der Waals surface area contributed by atoms with E-state index in [1.807, 2.05) is 0 Å². The Labute approximate surface area is 98.0 Å². The fraction of sp³-hybridized carbons (Fsp3) is 0.556. The van der Waals surface area contributed by atoms with Crippen LogP contribution in [0.15, 0.2) is 6.33 Å². The van der Waals surface area contributed by atoms with Gasteiger partial charge in [-0.3, -0.25) is 5.10 Å². The van der Waals surface area contributed by atoms with Crippen LogP contribution >= 0.6 is 0 Å². The van der Waals surface area contributed by atoms with Crippen LogP contribution in [0.25, 0.3) is 0 Å². The molecule has 1 heterocycles. The lowest BCUT2D eigenvalue weighted by molar-refractivity contribution is -0.141. The quantitative estimate of drug-likeness (QED) is 0.686. The van der Waals surface area contributed by atoms with Crippen molar-refractivity contribution in [3.63, 3.8) is 0 Å². The third kappa shape index (κ3) is 3.16. The summed E-state index contributed by atoms with van der Waals surface area (Å²) in [5, 5.41) is 17.7. The van der Waals surface area contributed by atoms with Crippen molar-refractivity contribution in [3.8, 4) is 0 Å². The van der Waals surface area contributed by atoms with Crippen LogP contribution in [0.3, 0.4) is 0 Å². The number of H-pyrrole nitrogens is 1. The minimum atomic E-state index is -1.06. The van der Waals surface area contributed by atoms with E-state index in [4.69, 9.17) is 5.11 Å². The molecule has 2 amide bonds. The van der Waals surface area contributed by atoms with Gasteiger partial charge in [-0.05, 0) is 13.8 Å². The third-order valence-electron chi connectivity index (χ3n) is 2.44. The molecule has 0 aliphatic rings. The molecule has 0 radical (unpaired) electrons. The van der Waals surface area contributed by atoms with Gasteiger partial charge in [0.05, 0.1) is 6.04 Å². The maximum atomic E-state index is 11.7. The van der Waals surface area contributed by atoms with Gasteiger partial charge in [-0.25, -0.2) is 14.6 Å². The predicted octanol–water partition coefficient (Wildman–Crippen LogP) is -0.0198. The highest BCUT2D eigenvalue weighted by Gasteiger charge is 2.23. The minimum absolute atomic E-state index is 0.367. The van der Waals surface area contributed by atoms with Crippen LogP contribution in [0.4, 0.5) is 4.79 Å². The maximum absolute atomic E-state index is 11.7. The van der Waals surface area contributed by atoms with E-state index in [1.165, 1.54) is 20.3 Å². The average molecular weight is 241 g/mol. The lowest BCUT2D eigenvalue weighted by Gasteiger charge is -2.23. The van der Waals surface area contributed by atoms with Crippen molar-refractivity contribution >= 4 is 12.0 Å². The number of carboxylic acids is 1. The number of nitrogens with zero attached hydrogens (tertiary/aromatic N) is 3. The summed E-state index contributed by atoms with van der Waals surface area (Å²) >= 11 is 0. The van der Waals surface area contributed by atoms with E-state index in [2.05, 4.69) is 20.5 Å². The van der Waals surface area contributed by atoms with Gasteiger partial charge in [-0.2, -0.15) is 5.10 Å². The molecular weight excluding hydrogens is 226 g/mol. The number of likely N-dealkylation sites (N-methyl/N-ethyl adjacent to an activating group) is 1. The highest BCUT2D eigenvalue weighted by molar-refractivity contribution is 5.82. The predicted molar refractivity (Wildman–Crippen MR) is 58.2 cm³/mol. The van der Waals surface area contributed by atoms with Gasteiger partial charge in [0.25, 0.3) is 0 Å². The first kappa shape index (κ1) is 12.9. The van der Waals surface area contributed by atoms with E-state index in [1.54, 1.807) is 6.92 Å². The van der Waals surface area contributed by atoms with E-state index in [9.17, 15) is 9.59 Å². The molecule has 0 saturated carbocycles. The first-order valence-corrected chi connectivity index (χ1v) is 5.05. The molecule has 94 valence electrons. The van der Waals surface area contributed by atoms with E-state index >= 15 is 0 Å². The summed E-state index contributed by atoms with van der Waals surface area (Å²) in [6.07, 6.45) is 1.33. The fourth-order valence-electron chi connectivity index (χ4n) is 1.12. The lowest BCUT2D eigenvalue weighted by atomic mass is 10.3. The van der Waals surface area contributed by atoms with E-state index in [0.717, 1.165) is 4.90 Å². The van der Waals surface area contributed by atoms with Crippen LogP contribution in [0.2, 0.25) is 0 Å². The number of amides is 2. The molecule has 3 N–H and O–H groups in total. The van der Waals surface area contributed by atoms with E-state index in [-0.39, 0.29) is 6.04 Å². The molecule has 1 aromatic heterocycles. The second-order valence-electron chi connectivity index (χ2n) is 3.67. The van der Waals surface area contributed by atoms with Gasteiger partial charge < -0.3 is 15.3 Å². The fourth-order valence-corrected chi connectivity index (χ4v) is 1.12. The van der Waals surface area contributed by atoms with Gasteiger partial charge in [0.1, 0.15) is 18.2 Å². The third-order valence-corrected chi connectivity index (χ3v) is 2.44. The Morgan fingerprint density at radius 2 is 2.18 bits per heavy atom. The Morgan fingerprint density at radius 1 is 1.53 bits per heavy atom. The number of hydrogen-bond acceptors (Lipinski definition) is 4. The number of aromatic amines is 1. The summed E-state index contributed by atoms with van der Waals surface area (Å²) in [6, 6.07) is -1.74. The molecule has 1 rings (SSSR count). The Hall–Kier alpha value is -2.12. The van der Waals surface area contributed by atoms with Crippen LogP contribution in [0.1, 0.15) is 25.7 Å². The van der Waals surface area contributed by atoms with E-state index in [0.29, 0.717) is 5.82 Å². The van der Waals surface area contributed by atoms with Crippen LogP contribution in [0.5, 0.6) is 0 Å². The minimum Gasteiger partial charge on any atom is -0.480 e. The Kier molecular flexibility index (Phi) is 4.02. The van der Waals surface area contributed by atoms with Gasteiger partial charge in [0.2, 0.25) is 0 Å². The molecule has 0 bridgehead atoms. The first-order valence-electron chi connectivity index (χ1n) is 5.05. The van der Waals surface area contributed by atoms with Crippen molar-refractivity contribution in [2.24, 2.45) is 0 Å². The zero-order valence-electron chi connectivity index (χ0n) is 9.84. The van der Waals surface area contributed by atoms with Gasteiger partial charge >= 0.3 is 12.0 Å². The molecule has 2 unspecified atom stereocenters. The SMILES string of the molecule is CC(NC(=O)N(C)C(C)C(=O)O)c1ncn[nH]1. The van der Waals surface area contributed by atoms with Gasteiger partial charge in [0, 0.05) is 7.05 Å². The summed E-state index contributed by atoms with van der Waals surface area (Å²) in [6.45, 7) is 3.15. The summed E-state index contributed by atoms with van der Waals surface area (Å²) in [5.74, 6) is -0.551. The molecule has 0 saturated heterocycles. The maximum Gasteiger partial charge on any atom is 0.326 e. The van der Waals surface area contributed by atoms with Crippen molar-refractivity contribution in [2.45, 2.75) is 25.9 Å². The lowest BCUT2D eigenvalue weighted by Crippen LogP contribution is -2.46. The van der Waals surface area contributed by atoms with Gasteiger partial charge in [-0.15, -0.1) is 0 Å². The van der Waals surface area contributed by atoms with Crippen LogP contribution in [0, 0.1) is 0 Å². The average Bonchev–Trinajstić information content (AvgIpc) is 2.80. The molecule has 0 aliphatic carbocycles. The molecule has 0 spiro atoms. The number of urea groups is 1. The smallest absolute Gasteiger partial charge is 0.326 e. The zero-order chi connectivity index (χ0) is 13.0. The van der Waals surface area contributed by atoms with Crippen molar-refractivity contribution < 1.29 is 14.7 Å². The van der Waals surface area contributed by atoms with Crippen LogP contribution in [-0.2, 0) is 4.79 Å². The molecule has 0 aromatic carbocycles. The number of aromatic nitrogens is 3. The normalized spacial score (nSPS) is 13.8. The highest BCUT2D eigenvalue weighted by Crippen LogP contribution is 2.05. The molecule has 0 fully saturated rings. The number of aliphatic carboxylic acids is 1. The molecular formula is C9H15N5O3. The van der Waals surface area contributed by atoms with Crippen molar-refractivity contribution in [1.29, 1.82) is 0 Å². The van der Waals surface area contributed by atoms with Crippen molar-refractivity contribution in [1.82, 2.24) is 25.4 Å². The van der Waals surface area contributed by atoms with Crippen molar-refractivity contribution in [3.05, 3.63) is 12.2 Å². The molecule has 2 atom stereocenters. The van der Waals surface area contributed by atoms with Crippen molar-refractivity contribution in [2.75, 3.05) is 7.05 Å². The highest BCUT2D eigenvalue weighted by atomic mass is 16.4. The number of carbonyl (C=O) groups is 2. The summed E-state index contributed by atoms with van der Waals surface area (Å²) in [4.78, 5) is 27.4. The Bertz CT molecular complexity index is 391. The largest absolute Gasteiger partial charge is 0.480 e. The number of carboxylic acid groups (broad SMARTS) is 1. The number of rotatable bonds is 4. The Morgan fingerprint density at radius 3 is 2.65 bits per heavy atom. The topological polar surface area (TPSA) is 111 Å². The standard InChI is InChI=1S/C9H15N5O3/c1-5(7-10-4-11-13-7)12-9(17)14(3)6(2)8(15)16/h4-6H,1-3H3,(H,12,17)(H,15,16)(H,10,11,13). The summed E-state index contributed by atoms with van der Waals surface area (Å²) in [7, 11) is 1.42.